The van der Waals surface area contributed by atoms with Crippen LogP contribution in [-0.4, -0.2) is 49.1 Å². The van der Waals surface area contributed by atoms with Crippen LogP contribution >= 0.6 is 7.82 Å². The van der Waals surface area contributed by atoms with Crippen molar-refractivity contribution in [2.45, 2.75) is 96.5 Å². The van der Waals surface area contributed by atoms with E-state index in [1.807, 2.05) is 0 Å². The lowest BCUT2D eigenvalue weighted by Crippen LogP contribution is -2.22. The lowest BCUT2D eigenvalue weighted by Gasteiger charge is -2.15. The Bertz CT molecular complexity index is 436. The minimum Gasteiger partial charge on any atom is -0.388 e. The topological polar surface area (TPSA) is 111 Å². The standard InChI is InChI=1S/C22H46NO6P/c1-2-3-4-5-6-7-8-9-10-11-12-13-14-15-16-18-27-20-22(24)21-29-30(25,26)28-19-17-23/h8-9,22,24H,2-7,10-21,23H2,1H3,(H,25,26)/b9-8-. The van der Waals surface area contributed by atoms with Gasteiger partial charge in [0.25, 0.3) is 0 Å². The average Bonchev–Trinajstić information content (AvgIpc) is 2.73. The van der Waals surface area contributed by atoms with E-state index in [9.17, 15) is 14.6 Å². The highest BCUT2D eigenvalue weighted by molar-refractivity contribution is 7.47. The van der Waals surface area contributed by atoms with Gasteiger partial charge in [-0.2, -0.15) is 0 Å². The van der Waals surface area contributed by atoms with E-state index in [-0.39, 0.29) is 26.4 Å². The van der Waals surface area contributed by atoms with E-state index < -0.39 is 13.9 Å². The second-order valence-electron chi connectivity index (χ2n) is 7.70. The molecule has 0 aromatic heterocycles. The van der Waals surface area contributed by atoms with Crippen molar-refractivity contribution in [1.29, 1.82) is 0 Å². The van der Waals surface area contributed by atoms with E-state index in [0.29, 0.717) is 6.61 Å². The minimum absolute atomic E-state index is 0.0713. The van der Waals surface area contributed by atoms with Gasteiger partial charge in [0.2, 0.25) is 0 Å². The van der Waals surface area contributed by atoms with Crippen LogP contribution in [0.5, 0.6) is 0 Å². The van der Waals surface area contributed by atoms with Crippen LogP contribution in [0, 0.1) is 0 Å². The molecule has 180 valence electrons. The van der Waals surface area contributed by atoms with Gasteiger partial charge in [-0.15, -0.1) is 0 Å². The first-order valence-electron chi connectivity index (χ1n) is 11.7. The molecular weight excluding hydrogens is 405 g/mol. The molecule has 0 aliphatic carbocycles. The Morgan fingerprint density at radius 3 is 2.00 bits per heavy atom. The summed E-state index contributed by atoms with van der Waals surface area (Å²) in [6, 6.07) is 0. The fourth-order valence-corrected chi connectivity index (χ4v) is 3.70. The summed E-state index contributed by atoms with van der Waals surface area (Å²) in [4.78, 5) is 9.31. The summed E-state index contributed by atoms with van der Waals surface area (Å²) in [6.07, 6.45) is 19.9. The molecule has 0 aromatic rings. The maximum atomic E-state index is 11.4. The van der Waals surface area contributed by atoms with Crippen molar-refractivity contribution >= 4 is 7.82 Å². The van der Waals surface area contributed by atoms with Crippen LogP contribution < -0.4 is 5.73 Å². The zero-order valence-electron chi connectivity index (χ0n) is 19.0. The highest BCUT2D eigenvalue weighted by Gasteiger charge is 2.22. The first-order chi connectivity index (χ1) is 14.5. The number of rotatable bonds is 23. The molecule has 0 aromatic carbocycles. The molecule has 0 fully saturated rings. The van der Waals surface area contributed by atoms with Gasteiger partial charge in [0, 0.05) is 13.2 Å². The van der Waals surface area contributed by atoms with Crippen molar-refractivity contribution in [3.63, 3.8) is 0 Å². The van der Waals surface area contributed by atoms with Crippen molar-refractivity contribution in [1.82, 2.24) is 0 Å². The van der Waals surface area contributed by atoms with Gasteiger partial charge in [-0.1, -0.05) is 70.4 Å². The zero-order valence-corrected chi connectivity index (χ0v) is 19.9. The number of hydrogen-bond acceptors (Lipinski definition) is 6. The summed E-state index contributed by atoms with van der Waals surface area (Å²) in [5.41, 5.74) is 5.18. The van der Waals surface area contributed by atoms with Crippen molar-refractivity contribution in [3.05, 3.63) is 12.2 Å². The van der Waals surface area contributed by atoms with Gasteiger partial charge in [0.1, 0.15) is 6.10 Å². The van der Waals surface area contributed by atoms with Gasteiger partial charge in [-0.3, -0.25) is 9.05 Å². The van der Waals surface area contributed by atoms with Crippen molar-refractivity contribution in [3.8, 4) is 0 Å². The Morgan fingerprint density at radius 1 is 0.833 bits per heavy atom. The smallest absolute Gasteiger partial charge is 0.388 e. The Labute approximate surface area is 184 Å². The first-order valence-corrected chi connectivity index (χ1v) is 13.2. The third kappa shape index (κ3) is 22.4. The van der Waals surface area contributed by atoms with Crippen LogP contribution in [-0.2, 0) is 18.3 Å². The molecule has 0 amide bonds. The predicted molar refractivity (Wildman–Crippen MR) is 122 cm³/mol. The number of allylic oxidation sites excluding steroid dienone is 2. The number of ether oxygens (including phenoxy) is 1. The SMILES string of the molecule is CCCCCCC/C=C\CCCCCCCCOCC(O)COP(=O)(O)OCCN. The Morgan fingerprint density at radius 2 is 1.40 bits per heavy atom. The monoisotopic (exact) mass is 451 g/mol. The molecule has 0 aliphatic heterocycles. The number of phosphoric ester groups is 1. The van der Waals surface area contributed by atoms with E-state index in [1.165, 1.54) is 70.6 Å². The van der Waals surface area contributed by atoms with Crippen molar-refractivity contribution in [2.75, 3.05) is 33.0 Å². The highest BCUT2D eigenvalue weighted by Crippen LogP contribution is 2.42. The molecule has 8 heteroatoms. The number of aliphatic hydroxyl groups excluding tert-OH is 1. The van der Waals surface area contributed by atoms with E-state index in [0.717, 1.165) is 12.8 Å². The van der Waals surface area contributed by atoms with Gasteiger partial charge < -0.3 is 20.5 Å². The van der Waals surface area contributed by atoms with Crippen LogP contribution in [0.25, 0.3) is 0 Å². The van der Waals surface area contributed by atoms with E-state index in [4.69, 9.17) is 10.5 Å². The molecule has 2 atom stereocenters. The molecule has 2 unspecified atom stereocenters. The minimum atomic E-state index is -4.14. The summed E-state index contributed by atoms with van der Waals surface area (Å²) >= 11 is 0. The Hall–Kier alpha value is -0.270. The van der Waals surface area contributed by atoms with E-state index in [2.05, 4.69) is 28.1 Å². The third-order valence-corrected chi connectivity index (χ3v) is 5.65. The zero-order chi connectivity index (χ0) is 22.3. The number of nitrogens with two attached hydrogens (primary N) is 1. The van der Waals surface area contributed by atoms with E-state index >= 15 is 0 Å². The number of hydrogen-bond donors (Lipinski definition) is 3. The largest absolute Gasteiger partial charge is 0.472 e. The Kier molecular flexibility index (Phi) is 21.7. The van der Waals surface area contributed by atoms with Crippen LogP contribution in [0.3, 0.4) is 0 Å². The fourth-order valence-electron chi connectivity index (χ4n) is 2.93. The predicted octanol–water partition coefficient (Wildman–Crippen LogP) is 5.10. The van der Waals surface area contributed by atoms with Gasteiger partial charge in [0.15, 0.2) is 0 Å². The molecule has 30 heavy (non-hydrogen) atoms. The molecule has 0 heterocycles. The molecule has 0 bridgehead atoms. The fraction of sp³-hybridized carbons (Fsp3) is 0.909. The summed E-state index contributed by atoms with van der Waals surface area (Å²) in [5, 5.41) is 9.70. The molecule has 0 saturated carbocycles. The van der Waals surface area contributed by atoms with Gasteiger partial charge in [-0.05, 0) is 32.1 Å². The lowest BCUT2D eigenvalue weighted by atomic mass is 10.1. The van der Waals surface area contributed by atoms with Crippen molar-refractivity contribution < 1.29 is 28.3 Å². The van der Waals surface area contributed by atoms with Crippen LogP contribution in [0.4, 0.5) is 0 Å². The van der Waals surface area contributed by atoms with Gasteiger partial charge in [0.05, 0.1) is 19.8 Å². The number of phosphoric acid groups is 1. The molecule has 0 rings (SSSR count). The van der Waals surface area contributed by atoms with E-state index in [1.54, 1.807) is 0 Å². The van der Waals surface area contributed by atoms with Crippen LogP contribution in [0.15, 0.2) is 12.2 Å². The maximum absolute atomic E-state index is 11.4. The Balaban J connectivity index is 3.33. The van der Waals surface area contributed by atoms with Gasteiger partial charge >= 0.3 is 7.82 Å². The first kappa shape index (κ1) is 29.7. The van der Waals surface area contributed by atoms with Crippen LogP contribution in [0.2, 0.25) is 0 Å². The highest BCUT2D eigenvalue weighted by atomic mass is 31.2. The molecule has 0 aliphatic rings. The molecule has 4 N–H and O–H groups in total. The summed E-state index contributed by atoms with van der Waals surface area (Å²) in [5.74, 6) is 0. The molecule has 0 spiro atoms. The second-order valence-corrected chi connectivity index (χ2v) is 9.15. The molecule has 0 radical (unpaired) electrons. The third-order valence-electron chi connectivity index (χ3n) is 4.66. The normalized spacial score (nSPS) is 14.9. The number of unbranched alkanes of at least 4 members (excludes halogenated alkanes) is 11. The second kappa shape index (κ2) is 21.9. The molecule has 0 saturated heterocycles. The van der Waals surface area contributed by atoms with Crippen LogP contribution in [0.1, 0.15) is 90.4 Å². The molecule has 7 nitrogen and oxygen atoms in total. The maximum Gasteiger partial charge on any atom is 0.472 e. The quantitative estimate of drug-likeness (QED) is 0.112. The summed E-state index contributed by atoms with van der Waals surface area (Å²) in [7, 11) is -4.14. The number of aliphatic hydroxyl groups is 1. The summed E-state index contributed by atoms with van der Waals surface area (Å²) < 4.78 is 26.0. The molecular formula is C22H46NO6P. The van der Waals surface area contributed by atoms with Gasteiger partial charge in [-0.25, -0.2) is 4.57 Å². The lowest BCUT2D eigenvalue weighted by molar-refractivity contribution is 0.00230. The average molecular weight is 452 g/mol. The summed E-state index contributed by atoms with van der Waals surface area (Å²) in [6.45, 7) is 2.62. The van der Waals surface area contributed by atoms with Crippen molar-refractivity contribution in [2.24, 2.45) is 5.73 Å².